The molecular formula is C16H19N5O3. The third-order valence-corrected chi connectivity index (χ3v) is 4.02. The van der Waals surface area contributed by atoms with Crippen molar-refractivity contribution < 1.29 is 14.1 Å². The van der Waals surface area contributed by atoms with E-state index in [2.05, 4.69) is 10.1 Å². The molecule has 0 saturated carbocycles. The average Bonchev–Trinajstić information content (AvgIpc) is 3.08. The van der Waals surface area contributed by atoms with Crippen LogP contribution in [0.4, 0.5) is 0 Å². The third-order valence-electron chi connectivity index (χ3n) is 4.02. The van der Waals surface area contributed by atoms with Crippen LogP contribution in [0.3, 0.4) is 0 Å². The number of hydrogen-bond donors (Lipinski definition) is 1. The van der Waals surface area contributed by atoms with Crippen LogP contribution in [-0.2, 0) is 22.7 Å². The highest BCUT2D eigenvalue weighted by atomic mass is 16.5. The Morgan fingerprint density at radius 3 is 2.46 bits per heavy atom. The summed E-state index contributed by atoms with van der Waals surface area (Å²) in [7, 11) is 0. The molecule has 0 spiro atoms. The fourth-order valence-electron chi connectivity index (χ4n) is 2.56. The van der Waals surface area contributed by atoms with E-state index in [9.17, 15) is 9.59 Å². The Balaban J connectivity index is 1.70. The summed E-state index contributed by atoms with van der Waals surface area (Å²) in [5.74, 6) is -0.269. The number of hydrogen-bond acceptors (Lipinski definition) is 6. The van der Waals surface area contributed by atoms with E-state index in [1.165, 1.54) is 9.80 Å². The monoisotopic (exact) mass is 329 g/mol. The van der Waals surface area contributed by atoms with Crippen molar-refractivity contribution in [3.63, 3.8) is 0 Å². The first-order chi connectivity index (χ1) is 11.6. The van der Waals surface area contributed by atoms with E-state index in [1.54, 1.807) is 0 Å². The Morgan fingerprint density at radius 2 is 1.79 bits per heavy atom. The molecule has 1 fully saturated rings. The number of benzene rings is 1. The number of nitrogens with zero attached hydrogens (tertiary/aromatic N) is 4. The summed E-state index contributed by atoms with van der Waals surface area (Å²) >= 11 is 0. The number of aromatic nitrogens is 2. The Morgan fingerprint density at radius 1 is 1.12 bits per heavy atom. The van der Waals surface area contributed by atoms with E-state index in [0.29, 0.717) is 37.9 Å². The topological polar surface area (TPSA) is 106 Å². The molecule has 3 rings (SSSR count). The van der Waals surface area contributed by atoms with Gasteiger partial charge >= 0.3 is 11.8 Å². The van der Waals surface area contributed by atoms with Crippen molar-refractivity contribution in [1.29, 1.82) is 0 Å². The van der Waals surface area contributed by atoms with Gasteiger partial charge in [0.25, 0.3) is 0 Å². The maximum Gasteiger partial charge on any atom is 0.312 e. The second-order valence-corrected chi connectivity index (χ2v) is 5.52. The van der Waals surface area contributed by atoms with E-state index in [1.807, 2.05) is 31.2 Å². The van der Waals surface area contributed by atoms with Crippen LogP contribution in [0, 0.1) is 0 Å². The lowest BCUT2D eigenvalue weighted by atomic mass is 10.1. The molecule has 1 aromatic carbocycles. The molecule has 8 heteroatoms. The minimum Gasteiger partial charge on any atom is -0.337 e. The predicted octanol–water partition coefficient (Wildman–Crippen LogP) is 0.386. The molecule has 1 aliphatic rings. The summed E-state index contributed by atoms with van der Waals surface area (Å²) in [5, 5.41) is 3.93. The van der Waals surface area contributed by atoms with Gasteiger partial charge in [0.1, 0.15) is 6.54 Å². The molecule has 2 N–H and O–H groups in total. The molecule has 0 bridgehead atoms. The van der Waals surface area contributed by atoms with Gasteiger partial charge in [-0.25, -0.2) is 0 Å². The molecule has 2 heterocycles. The molecule has 2 amide bonds. The number of nitrogens with two attached hydrogens (primary N) is 1. The van der Waals surface area contributed by atoms with Crippen molar-refractivity contribution >= 4 is 11.8 Å². The number of carbonyl (C=O) groups is 2. The fourth-order valence-corrected chi connectivity index (χ4v) is 2.56. The minimum atomic E-state index is -0.532. The van der Waals surface area contributed by atoms with Crippen LogP contribution in [0.25, 0.3) is 11.4 Å². The lowest BCUT2D eigenvalue weighted by molar-refractivity contribution is -0.156. The minimum absolute atomic E-state index is 0.135. The van der Waals surface area contributed by atoms with E-state index < -0.39 is 11.8 Å². The van der Waals surface area contributed by atoms with Crippen LogP contribution in [0.2, 0.25) is 0 Å². The van der Waals surface area contributed by atoms with Crippen LogP contribution >= 0.6 is 0 Å². The number of amides is 2. The molecule has 0 radical (unpaired) electrons. The molecule has 8 nitrogen and oxygen atoms in total. The first-order valence-corrected chi connectivity index (χ1v) is 7.82. The molecule has 2 aromatic rings. The lowest BCUT2D eigenvalue weighted by Gasteiger charge is -2.32. The summed E-state index contributed by atoms with van der Waals surface area (Å²) in [5.41, 5.74) is 7.39. The summed E-state index contributed by atoms with van der Waals surface area (Å²) in [6.45, 7) is 3.96. The molecule has 126 valence electrons. The van der Waals surface area contributed by atoms with Gasteiger partial charge in [-0.1, -0.05) is 29.4 Å². The third kappa shape index (κ3) is 3.13. The molecule has 24 heavy (non-hydrogen) atoms. The molecular weight excluding hydrogens is 310 g/mol. The van der Waals surface area contributed by atoms with Gasteiger partial charge in [-0.2, -0.15) is 4.98 Å². The van der Waals surface area contributed by atoms with Crippen molar-refractivity contribution in [3.05, 3.63) is 35.7 Å². The quantitative estimate of drug-likeness (QED) is 0.795. The summed E-state index contributed by atoms with van der Waals surface area (Å²) in [6, 6.07) is 7.53. The fraction of sp³-hybridized carbons (Fsp3) is 0.375. The van der Waals surface area contributed by atoms with Gasteiger partial charge in [0, 0.05) is 31.7 Å². The van der Waals surface area contributed by atoms with Crippen molar-refractivity contribution in [1.82, 2.24) is 19.9 Å². The standard InChI is InChI=1S/C16H19N5O3/c1-2-20-7-8-21(16(23)15(20)22)10-13-18-14(19-24-13)12-5-3-11(9-17)4-6-12/h3-6H,2,7-10,17H2,1H3. The van der Waals surface area contributed by atoms with E-state index in [4.69, 9.17) is 10.3 Å². The molecule has 1 aliphatic heterocycles. The largest absolute Gasteiger partial charge is 0.337 e. The number of piperazine rings is 1. The summed E-state index contributed by atoms with van der Waals surface area (Å²) < 4.78 is 5.21. The summed E-state index contributed by atoms with van der Waals surface area (Å²) in [4.78, 5) is 31.2. The van der Waals surface area contributed by atoms with Crippen molar-refractivity contribution in [3.8, 4) is 11.4 Å². The zero-order chi connectivity index (χ0) is 17.1. The van der Waals surface area contributed by atoms with Crippen LogP contribution < -0.4 is 5.73 Å². The number of likely N-dealkylation sites (N-methyl/N-ethyl adjacent to an activating group) is 1. The summed E-state index contributed by atoms with van der Waals surface area (Å²) in [6.07, 6.45) is 0. The maximum atomic E-state index is 12.1. The number of rotatable bonds is 5. The van der Waals surface area contributed by atoms with Gasteiger partial charge in [-0.05, 0) is 12.5 Å². The molecule has 0 atom stereocenters. The van der Waals surface area contributed by atoms with E-state index in [0.717, 1.165) is 11.1 Å². The van der Waals surface area contributed by atoms with Crippen LogP contribution in [-0.4, -0.2) is 51.4 Å². The van der Waals surface area contributed by atoms with Gasteiger partial charge in [-0.15, -0.1) is 0 Å². The average molecular weight is 329 g/mol. The second kappa shape index (κ2) is 6.79. The highest BCUT2D eigenvalue weighted by Gasteiger charge is 2.32. The predicted molar refractivity (Wildman–Crippen MR) is 85.3 cm³/mol. The van der Waals surface area contributed by atoms with E-state index >= 15 is 0 Å². The Bertz CT molecular complexity index is 740. The molecule has 0 unspecified atom stereocenters. The molecule has 1 saturated heterocycles. The highest BCUT2D eigenvalue weighted by molar-refractivity contribution is 6.35. The van der Waals surface area contributed by atoms with E-state index in [-0.39, 0.29) is 6.54 Å². The highest BCUT2D eigenvalue weighted by Crippen LogP contribution is 2.17. The normalized spacial score (nSPS) is 15.2. The Hall–Kier alpha value is -2.74. The van der Waals surface area contributed by atoms with Crippen molar-refractivity contribution in [2.75, 3.05) is 19.6 Å². The van der Waals surface area contributed by atoms with Gasteiger partial charge in [0.05, 0.1) is 0 Å². The molecule has 0 aliphatic carbocycles. The lowest BCUT2D eigenvalue weighted by Crippen LogP contribution is -2.53. The van der Waals surface area contributed by atoms with Crippen LogP contribution in [0.15, 0.2) is 28.8 Å². The zero-order valence-corrected chi connectivity index (χ0v) is 13.4. The van der Waals surface area contributed by atoms with Gasteiger partial charge in [0.15, 0.2) is 0 Å². The SMILES string of the molecule is CCN1CCN(Cc2nc(-c3ccc(CN)cc3)no2)C(=O)C1=O. The van der Waals surface area contributed by atoms with Crippen LogP contribution in [0.1, 0.15) is 18.4 Å². The number of carbonyl (C=O) groups excluding carboxylic acids is 2. The zero-order valence-electron chi connectivity index (χ0n) is 13.4. The van der Waals surface area contributed by atoms with Crippen molar-refractivity contribution in [2.24, 2.45) is 5.73 Å². The Labute approximate surface area is 139 Å². The smallest absolute Gasteiger partial charge is 0.312 e. The van der Waals surface area contributed by atoms with Gasteiger partial charge in [0.2, 0.25) is 11.7 Å². The first kappa shape index (κ1) is 16.1. The first-order valence-electron chi connectivity index (χ1n) is 7.82. The van der Waals surface area contributed by atoms with Crippen molar-refractivity contribution in [2.45, 2.75) is 20.0 Å². The second-order valence-electron chi connectivity index (χ2n) is 5.52. The van der Waals surface area contributed by atoms with Crippen LogP contribution in [0.5, 0.6) is 0 Å². The molecule has 1 aromatic heterocycles. The van der Waals surface area contributed by atoms with Gasteiger partial charge < -0.3 is 20.1 Å². The maximum absolute atomic E-state index is 12.1. The Kier molecular flexibility index (Phi) is 4.57. The van der Waals surface area contributed by atoms with Gasteiger partial charge in [-0.3, -0.25) is 9.59 Å².